The Balaban J connectivity index is 2.48. The van der Waals surface area contributed by atoms with Gasteiger partial charge >= 0.3 is 0 Å². The topological polar surface area (TPSA) is 60.2 Å². The van der Waals surface area contributed by atoms with E-state index in [1.807, 2.05) is 6.92 Å². The summed E-state index contributed by atoms with van der Waals surface area (Å²) in [6, 6.07) is 7.05. The van der Waals surface area contributed by atoms with Gasteiger partial charge in [-0.05, 0) is 19.1 Å². The monoisotopic (exact) mass is 236 g/mol. The summed E-state index contributed by atoms with van der Waals surface area (Å²) in [6.07, 6.45) is 0.251. The van der Waals surface area contributed by atoms with E-state index in [9.17, 15) is 4.79 Å². The number of hydrogen-bond acceptors (Lipinski definition) is 4. The second-order valence-electron chi connectivity index (χ2n) is 3.24. The number of methoxy groups -OCH3 is 1. The third-order valence-corrected chi connectivity index (χ3v) is 1.99. The number of ether oxygens (including phenoxy) is 2. The van der Waals surface area contributed by atoms with Crippen molar-refractivity contribution >= 4 is 11.6 Å². The molecule has 0 aromatic heterocycles. The SMILES string of the molecule is CCOCCC(=O)N=Nc1cccc(OC)c1. The molecule has 92 valence electrons. The van der Waals surface area contributed by atoms with Crippen LogP contribution in [0.5, 0.6) is 5.75 Å². The van der Waals surface area contributed by atoms with E-state index in [2.05, 4.69) is 10.2 Å². The van der Waals surface area contributed by atoms with Crippen LogP contribution in [-0.2, 0) is 9.53 Å². The Labute approximate surface area is 100 Å². The molecule has 5 nitrogen and oxygen atoms in total. The van der Waals surface area contributed by atoms with Crippen molar-refractivity contribution in [2.24, 2.45) is 10.2 Å². The van der Waals surface area contributed by atoms with Gasteiger partial charge in [0.15, 0.2) is 0 Å². The van der Waals surface area contributed by atoms with Gasteiger partial charge in [-0.3, -0.25) is 4.79 Å². The fraction of sp³-hybridized carbons (Fsp3) is 0.417. The maximum Gasteiger partial charge on any atom is 0.267 e. The molecule has 0 bridgehead atoms. The summed E-state index contributed by atoms with van der Waals surface area (Å²) in [5.41, 5.74) is 0.592. The minimum absolute atomic E-state index is 0.251. The number of nitrogens with zero attached hydrogens (tertiary/aromatic N) is 2. The van der Waals surface area contributed by atoms with Crippen LogP contribution in [0, 0.1) is 0 Å². The van der Waals surface area contributed by atoms with E-state index in [1.54, 1.807) is 31.4 Å². The highest BCUT2D eigenvalue weighted by molar-refractivity contribution is 5.76. The quantitative estimate of drug-likeness (QED) is 0.563. The van der Waals surface area contributed by atoms with Crippen molar-refractivity contribution in [3.63, 3.8) is 0 Å². The molecule has 0 aliphatic rings. The second-order valence-corrected chi connectivity index (χ2v) is 3.24. The molecule has 0 heterocycles. The molecule has 17 heavy (non-hydrogen) atoms. The summed E-state index contributed by atoms with van der Waals surface area (Å²) in [6.45, 7) is 2.86. The molecular weight excluding hydrogens is 220 g/mol. The zero-order valence-electron chi connectivity index (χ0n) is 10.0. The van der Waals surface area contributed by atoms with Crippen LogP contribution in [0.1, 0.15) is 13.3 Å². The Morgan fingerprint density at radius 2 is 2.24 bits per heavy atom. The van der Waals surface area contributed by atoms with Crippen LogP contribution in [0.2, 0.25) is 0 Å². The first kappa shape index (κ1) is 13.3. The summed E-state index contributed by atoms with van der Waals surface area (Å²) in [4.78, 5) is 11.3. The molecule has 1 rings (SSSR count). The third-order valence-electron chi connectivity index (χ3n) is 1.99. The summed E-state index contributed by atoms with van der Waals surface area (Å²) in [5.74, 6) is 0.393. The highest BCUT2D eigenvalue weighted by atomic mass is 16.5. The minimum atomic E-state index is -0.290. The fourth-order valence-electron chi connectivity index (χ4n) is 1.14. The van der Waals surface area contributed by atoms with Gasteiger partial charge in [-0.25, -0.2) is 0 Å². The molecule has 0 unspecified atom stereocenters. The molecule has 0 saturated heterocycles. The predicted octanol–water partition coefficient (Wildman–Crippen LogP) is 2.73. The minimum Gasteiger partial charge on any atom is -0.497 e. The maximum absolute atomic E-state index is 11.3. The lowest BCUT2D eigenvalue weighted by atomic mass is 10.3. The van der Waals surface area contributed by atoms with Crippen molar-refractivity contribution < 1.29 is 14.3 Å². The standard InChI is InChI=1S/C12H16N2O3/c1-3-17-8-7-12(15)14-13-10-5-4-6-11(9-10)16-2/h4-6,9H,3,7-8H2,1-2H3. The Hall–Kier alpha value is -1.75. The lowest BCUT2D eigenvalue weighted by molar-refractivity contribution is -0.119. The molecule has 0 N–H and O–H groups in total. The summed E-state index contributed by atoms with van der Waals surface area (Å²) < 4.78 is 10.1. The van der Waals surface area contributed by atoms with E-state index in [0.29, 0.717) is 24.7 Å². The molecule has 0 aliphatic carbocycles. The van der Waals surface area contributed by atoms with E-state index >= 15 is 0 Å². The van der Waals surface area contributed by atoms with Gasteiger partial charge in [-0.2, -0.15) is 0 Å². The lowest BCUT2D eigenvalue weighted by Gasteiger charge is -1.99. The highest BCUT2D eigenvalue weighted by Crippen LogP contribution is 2.19. The molecule has 1 aromatic carbocycles. The van der Waals surface area contributed by atoms with E-state index in [4.69, 9.17) is 9.47 Å². The van der Waals surface area contributed by atoms with Crippen LogP contribution in [-0.4, -0.2) is 26.2 Å². The van der Waals surface area contributed by atoms with Gasteiger partial charge < -0.3 is 9.47 Å². The smallest absolute Gasteiger partial charge is 0.267 e. The summed E-state index contributed by atoms with van der Waals surface area (Å²) in [5, 5.41) is 7.43. The molecule has 0 saturated carbocycles. The van der Waals surface area contributed by atoms with Crippen LogP contribution in [0.4, 0.5) is 5.69 Å². The van der Waals surface area contributed by atoms with Gasteiger partial charge in [-0.1, -0.05) is 6.07 Å². The van der Waals surface area contributed by atoms with Crippen LogP contribution < -0.4 is 4.74 Å². The Morgan fingerprint density at radius 3 is 2.94 bits per heavy atom. The van der Waals surface area contributed by atoms with Crippen LogP contribution in [0.15, 0.2) is 34.5 Å². The molecule has 0 spiro atoms. The van der Waals surface area contributed by atoms with Crippen molar-refractivity contribution in [1.82, 2.24) is 0 Å². The fourth-order valence-corrected chi connectivity index (χ4v) is 1.14. The largest absolute Gasteiger partial charge is 0.497 e. The molecule has 0 aliphatic heterocycles. The number of amides is 1. The van der Waals surface area contributed by atoms with Crippen molar-refractivity contribution in [2.75, 3.05) is 20.3 Å². The number of azo groups is 1. The molecule has 1 aromatic rings. The predicted molar refractivity (Wildman–Crippen MR) is 63.6 cm³/mol. The average molecular weight is 236 g/mol. The maximum atomic E-state index is 11.3. The third kappa shape index (κ3) is 5.21. The number of carbonyl (C=O) groups is 1. The van der Waals surface area contributed by atoms with Crippen molar-refractivity contribution in [3.8, 4) is 5.75 Å². The van der Waals surface area contributed by atoms with Gasteiger partial charge in [-0.15, -0.1) is 10.2 Å². The Morgan fingerprint density at radius 1 is 1.41 bits per heavy atom. The Bertz CT molecular complexity index is 391. The first-order chi connectivity index (χ1) is 8.26. The normalized spacial score (nSPS) is 10.7. The second kappa shape index (κ2) is 7.51. The molecule has 1 amide bonds. The van der Waals surface area contributed by atoms with Crippen LogP contribution >= 0.6 is 0 Å². The first-order valence-electron chi connectivity index (χ1n) is 5.42. The number of rotatable bonds is 6. The van der Waals surface area contributed by atoms with Gasteiger partial charge in [0.2, 0.25) is 0 Å². The molecule has 0 atom stereocenters. The van der Waals surface area contributed by atoms with Crippen molar-refractivity contribution in [3.05, 3.63) is 24.3 Å². The average Bonchev–Trinajstić information content (AvgIpc) is 2.37. The lowest BCUT2D eigenvalue weighted by Crippen LogP contribution is -2.00. The van der Waals surface area contributed by atoms with Crippen molar-refractivity contribution in [1.29, 1.82) is 0 Å². The van der Waals surface area contributed by atoms with E-state index in [-0.39, 0.29) is 12.3 Å². The van der Waals surface area contributed by atoms with Gasteiger partial charge in [0, 0.05) is 12.7 Å². The van der Waals surface area contributed by atoms with Gasteiger partial charge in [0.25, 0.3) is 5.91 Å². The van der Waals surface area contributed by atoms with Crippen molar-refractivity contribution in [2.45, 2.75) is 13.3 Å². The molecular formula is C12H16N2O3. The van der Waals surface area contributed by atoms with Gasteiger partial charge in [0.1, 0.15) is 5.75 Å². The highest BCUT2D eigenvalue weighted by Gasteiger charge is 1.99. The first-order valence-corrected chi connectivity index (χ1v) is 5.42. The number of hydrogen-bond donors (Lipinski definition) is 0. The molecule has 0 radical (unpaired) electrons. The Kier molecular flexibility index (Phi) is 5.88. The van der Waals surface area contributed by atoms with E-state index in [0.717, 1.165) is 0 Å². The number of carbonyl (C=O) groups excluding carboxylic acids is 1. The zero-order valence-corrected chi connectivity index (χ0v) is 10.0. The summed E-state index contributed by atoms with van der Waals surface area (Å²) >= 11 is 0. The number of benzene rings is 1. The zero-order chi connectivity index (χ0) is 12.5. The van der Waals surface area contributed by atoms with Crippen LogP contribution in [0.3, 0.4) is 0 Å². The summed E-state index contributed by atoms with van der Waals surface area (Å²) in [7, 11) is 1.57. The molecule has 5 heteroatoms. The van der Waals surface area contributed by atoms with Crippen LogP contribution in [0.25, 0.3) is 0 Å². The molecule has 0 fully saturated rings. The van der Waals surface area contributed by atoms with Gasteiger partial charge in [0.05, 0.1) is 25.8 Å². The van der Waals surface area contributed by atoms with E-state index < -0.39 is 0 Å². The van der Waals surface area contributed by atoms with E-state index in [1.165, 1.54) is 0 Å².